The molecular formula is C19H28N5S+. The Morgan fingerprint density at radius 2 is 1.88 bits per heavy atom. The lowest BCUT2D eigenvalue weighted by atomic mass is 10.1. The summed E-state index contributed by atoms with van der Waals surface area (Å²) in [5.74, 6) is 0. The standard InChI is InChI=1S/C19H28N5S/c1-3-23(12-15-24(2)13-5-4-6-14-24)18-9-7-17(8-10-18)21-22-19-20-11-16-25-19/h7-11,16H,3-6,12-15H2,1-2H3/q+1. The van der Waals surface area contributed by atoms with Crippen molar-refractivity contribution in [3.8, 4) is 0 Å². The Morgan fingerprint density at radius 3 is 2.52 bits per heavy atom. The van der Waals surface area contributed by atoms with Crippen LogP contribution in [-0.4, -0.2) is 49.2 Å². The van der Waals surface area contributed by atoms with E-state index in [2.05, 4.69) is 46.2 Å². The van der Waals surface area contributed by atoms with Crippen molar-refractivity contribution >= 4 is 27.8 Å². The molecule has 3 rings (SSSR count). The predicted octanol–water partition coefficient (Wildman–Crippen LogP) is 5.02. The molecule has 6 heteroatoms. The van der Waals surface area contributed by atoms with Gasteiger partial charge in [0.05, 0.1) is 38.9 Å². The largest absolute Gasteiger partial charge is 0.366 e. The van der Waals surface area contributed by atoms with Gasteiger partial charge in [-0.15, -0.1) is 21.6 Å². The number of anilines is 1. The second kappa shape index (κ2) is 8.54. The first-order valence-corrected chi connectivity index (χ1v) is 10.1. The fourth-order valence-electron chi connectivity index (χ4n) is 3.43. The minimum absolute atomic E-state index is 0.692. The van der Waals surface area contributed by atoms with Crippen LogP contribution in [0, 0.1) is 0 Å². The number of aromatic nitrogens is 1. The Bertz CT molecular complexity index is 660. The van der Waals surface area contributed by atoms with Crippen molar-refractivity contribution in [1.29, 1.82) is 0 Å². The normalized spacial score (nSPS) is 17.0. The maximum absolute atomic E-state index is 4.26. The van der Waals surface area contributed by atoms with Gasteiger partial charge >= 0.3 is 0 Å². The second-order valence-electron chi connectivity index (χ2n) is 6.96. The minimum Gasteiger partial charge on any atom is -0.366 e. The van der Waals surface area contributed by atoms with Gasteiger partial charge < -0.3 is 9.38 Å². The summed E-state index contributed by atoms with van der Waals surface area (Å²) in [6.07, 6.45) is 5.90. The molecule has 1 fully saturated rings. The summed E-state index contributed by atoms with van der Waals surface area (Å²) in [7, 11) is 2.41. The van der Waals surface area contributed by atoms with Gasteiger partial charge in [0, 0.05) is 23.8 Å². The van der Waals surface area contributed by atoms with Gasteiger partial charge in [0.15, 0.2) is 0 Å². The number of likely N-dealkylation sites (tertiary alicyclic amines) is 1. The van der Waals surface area contributed by atoms with E-state index in [1.165, 1.54) is 60.4 Å². The summed E-state index contributed by atoms with van der Waals surface area (Å²) < 4.78 is 1.22. The maximum Gasteiger partial charge on any atom is 0.229 e. The van der Waals surface area contributed by atoms with E-state index < -0.39 is 0 Å². The number of azo groups is 1. The molecule has 0 unspecified atom stereocenters. The molecular weight excluding hydrogens is 330 g/mol. The van der Waals surface area contributed by atoms with Crippen LogP contribution in [0.25, 0.3) is 0 Å². The van der Waals surface area contributed by atoms with Crippen LogP contribution in [-0.2, 0) is 0 Å². The summed E-state index contributed by atoms with van der Waals surface area (Å²) in [5.41, 5.74) is 2.13. The van der Waals surface area contributed by atoms with Crippen molar-refractivity contribution in [3.05, 3.63) is 35.8 Å². The molecule has 134 valence electrons. The average Bonchev–Trinajstić information content (AvgIpc) is 3.16. The molecule has 1 aliphatic heterocycles. The zero-order valence-electron chi connectivity index (χ0n) is 15.3. The number of thiazole rings is 1. The fraction of sp³-hybridized carbons (Fsp3) is 0.526. The van der Waals surface area contributed by atoms with Crippen molar-refractivity contribution in [3.63, 3.8) is 0 Å². The summed E-state index contributed by atoms with van der Waals surface area (Å²) in [6, 6.07) is 8.37. The SMILES string of the molecule is CCN(CC[N+]1(C)CCCCC1)c1ccc(N=Nc2nccs2)cc1. The van der Waals surface area contributed by atoms with Gasteiger partial charge in [0.2, 0.25) is 5.13 Å². The minimum atomic E-state index is 0.692. The van der Waals surface area contributed by atoms with Gasteiger partial charge in [0.1, 0.15) is 0 Å². The first-order valence-electron chi connectivity index (χ1n) is 9.18. The number of piperidine rings is 1. The molecule has 2 aromatic rings. The Labute approximate surface area is 154 Å². The number of quaternary nitrogens is 1. The van der Waals surface area contributed by atoms with Crippen LogP contribution in [0.2, 0.25) is 0 Å². The Hall–Kier alpha value is -1.79. The van der Waals surface area contributed by atoms with Gasteiger partial charge in [-0.3, -0.25) is 0 Å². The molecule has 0 saturated carbocycles. The van der Waals surface area contributed by atoms with E-state index in [4.69, 9.17) is 0 Å². The van der Waals surface area contributed by atoms with Crippen molar-refractivity contribution in [2.24, 2.45) is 10.2 Å². The Balaban J connectivity index is 1.59. The first kappa shape index (κ1) is 18.0. The van der Waals surface area contributed by atoms with E-state index in [0.717, 1.165) is 18.8 Å². The third kappa shape index (κ3) is 5.09. The van der Waals surface area contributed by atoms with E-state index in [0.29, 0.717) is 5.13 Å². The fourth-order valence-corrected chi connectivity index (χ4v) is 3.88. The zero-order chi connectivity index (χ0) is 17.5. The molecule has 0 atom stereocenters. The maximum atomic E-state index is 4.26. The molecule has 5 nitrogen and oxygen atoms in total. The van der Waals surface area contributed by atoms with E-state index >= 15 is 0 Å². The van der Waals surface area contributed by atoms with Gasteiger partial charge in [0.25, 0.3) is 0 Å². The highest BCUT2D eigenvalue weighted by molar-refractivity contribution is 7.13. The summed E-state index contributed by atoms with van der Waals surface area (Å²) in [5, 5.41) is 11.0. The highest BCUT2D eigenvalue weighted by Gasteiger charge is 2.25. The lowest BCUT2D eigenvalue weighted by Crippen LogP contribution is -2.51. The van der Waals surface area contributed by atoms with Crippen LogP contribution in [0.1, 0.15) is 26.2 Å². The molecule has 25 heavy (non-hydrogen) atoms. The van der Waals surface area contributed by atoms with Crippen LogP contribution >= 0.6 is 11.3 Å². The van der Waals surface area contributed by atoms with Crippen LogP contribution in [0.4, 0.5) is 16.5 Å². The van der Waals surface area contributed by atoms with Crippen molar-refractivity contribution in [2.45, 2.75) is 26.2 Å². The molecule has 1 aromatic heterocycles. The van der Waals surface area contributed by atoms with Crippen LogP contribution < -0.4 is 4.90 Å². The monoisotopic (exact) mass is 358 g/mol. The quantitative estimate of drug-likeness (QED) is 0.515. The molecule has 1 saturated heterocycles. The summed E-state index contributed by atoms with van der Waals surface area (Å²) >= 11 is 1.49. The number of hydrogen-bond donors (Lipinski definition) is 0. The number of rotatable bonds is 7. The first-order chi connectivity index (χ1) is 12.2. The van der Waals surface area contributed by atoms with Gasteiger partial charge in [-0.1, -0.05) is 0 Å². The van der Waals surface area contributed by atoms with E-state index in [-0.39, 0.29) is 0 Å². The van der Waals surface area contributed by atoms with E-state index in [1.807, 2.05) is 17.5 Å². The average molecular weight is 359 g/mol. The van der Waals surface area contributed by atoms with Gasteiger partial charge in [-0.2, -0.15) is 0 Å². The predicted molar refractivity (Wildman–Crippen MR) is 105 cm³/mol. The third-order valence-electron chi connectivity index (χ3n) is 5.07. The highest BCUT2D eigenvalue weighted by atomic mass is 32.1. The number of nitrogens with zero attached hydrogens (tertiary/aromatic N) is 5. The Kier molecular flexibility index (Phi) is 6.15. The molecule has 0 radical (unpaired) electrons. The molecule has 0 N–H and O–H groups in total. The molecule has 0 bridgehead atoms. The molecule has 2 heterocycles. The Morgan fingerprint density at radius 1 is 1.12 bits per heavy atom. The third-order valence-corrected chi connectivity index (χ3v) is 5.73. The van der Waals surface area contributed by atoms with Crippen molar-refractivity contribution in [2.75, 3.05) is 44.7 Å². The van der Waals surface area contributed by atoms with Crippen LogP contribution in [0.3, 0.4) is 0 Å². The smallest absolute Gasteiger partial charge is 0.229 e. The molecule has 1 aromatic carbocycles. The molecule has 0 aliphatic carbocycles. The van der Waals surface area contributed by atoms with Crippen LogP contribution in [0.5, 0.6) is 0 Å². The highest BCUT2D eigenvalue weighted by Crippen LogP contribution is 2.24. The topological polar surface area (TPSA) is 40.9 Å². The lowest BCUT2D eigenvalue weighted by Gasteiger charge is -2.39. The van der Waals surface area contributed by atoms with Crippen molar-refractivity contribution in [1.82, 2.24) is 4.98 Å². The summed E-state index contributed by atoms with van der Waals surface area (Å²) in [6.45, 7) is 8.24. The number of likely N-dealkylation sites (N-methyl/N-ethyl adjacent to an activating group) is 2. The summed E-state index contributed by atoms with van der Waals surface area (Å²) in [4.78, 5) is 6.57. The molecule has 1 aliphatic rings. The van der Waals surface area contributed by atoms with E-state index in [9.17, 15) is 0 Å². The van der Waals surface area contributed by atoms with Crippen LogP contribution in [0.15, 0.2) is 46.1 Å². The zero-order valence-corrected chi connectivity index (χ0v) is 16.1. The van der Waals surface area contributed by atoms with Crippen molar-refractivity contribution < 1.29 is 4.48 Å². The number of benzene rings is 1. The lowest BCUT2D eigenvalue weighted by molar-refractivity contribution is -0.912. The molecule has 0 amide bonds. The van der Waals surface area contributed by atoms with Gasteiger partial charge in [-0.25, -0.2) is 4.98 Å². The number of hydrogen-bond acceptors (Lipinski definition) is 5. The van der Waals surface area contributed by atoms with E-state index in [1.54, 1.807) is 6.20 Å². The van der Waals surface area contributed by atoms with Gasteiger partial charge in [-0.05, 0) is 50.5 Å². The second-order valence-corrected chi connectivity index (χ2v) is 7.83. The molecule has 0 spiro atoms.